The van der Waals surface area contributed by atoms with Crippen molar-refractivity contribution in [3.8, 4) is 0 Å². The van der Waals surface area contributed by atoms with E-state index in [1.165, 1.54) is 22.7 Å². The second kappa shape index (κ2) is 6.75. The first-order chi connectivity index (χ1) is 12.4. The number of nitrogens with zero attached hydrogens (tertiary/aromatic N) is 4. The molecule has 0 bridgehead atoms. The zero-order valence-electron chi connectivity index (χ0n) is 14.1. The van der Waals surface area contributed by atoms with Gasteiger partial charge in [0.05, 0.1) is 12.0 Å². The Morgan fingerprint density at radius 2 is 1.92 bits per heavy atom. The number of carbonyl (C=O) groups is 2. The largest absolute Gasteiger partial charge is 0.366 e. The van der Waals surface area contributed by atoms with Gasteiger partial charge in [0.15, 0.2) is 0 Å². The molecule has 3 rings (SSSR count). The van der Waals surface area contributed by atoms with Crippen molar-refractivity contribution in [3.05, 3.63) is 52.6 Å². The molecule has 3 aromatic rings. The molecule has 26 heavy (non-hydrogen) atoms. The van der Waals surface area contributed by atoms with Gasteiger partial charge in [0.25, 0.3) is 11.7 Å². The molecule has 0 saturated carbocycles. The van der Waals surface area contributed by atoms with Crippen LogP contribution in [0.25, 0.3) is 5.78 Å². The van der Waals surface area contributed by atoms with Gasteiger partial charge in [0, 0.05) is 17.0 Å². The van der Waals surface area contributed by atoms with Crippen LogP contribution in [0.1, 0.15) is 27.3 Å². The second-order valence-electron chi connectivity index (χ2n) is 5.60. The third-order valence-corrected chi connectivity index (χ3v) is 3.84. The smallest absolute Gasteiger partial charge is 0.272 e. The summed E-state index contributed by atoms with van der Waals surface area (Å²) < 4.78 is 15.0. The van der Waals surface area contributed by atoms with Crippen LogP contribution in [0.5, 0.6) is 0 Å². The molecule has 2 amide bonds. The summed E-state index contributed by atoms with van der Waals surface area (Å²) in [5.74, 6) is -1.49. The molecule has 9 nitrogen and oxygen atoms in total. The van der Waals surface area contributed by atoms with Gasteiger partial charge >= 0.3 is 0 Å². The maximum absolute atomic E-state index is 13.6. The van der Waals surface area contributed by atoms with Gasteiger partial charge in [0.2, 0.25) is 11.9 Å². The van der Waals surface area contributed by atoms with Gasteiger partial charge in [-0.1, -0.05) is 12.1 Å². The number of benzene rings is 1. The number of anilines is 1. The Kier molecular flexibility index (Phi) is 4.48. The van der Waals surface area contributed by atoms with E-state index in [0.717, 1.165) is 6.07 Å². The molecule has 0 aliphatic rings. The number of halogens is 1. The highest BCUT2D eigenvalue weighted by Crippen LogP contribution is 2.14. The minimum atomic E-state index is -0.748. The summed E-state index contributed by atoms with van der Waals surface area (Å²) in [6, 6.07) is 5.47. The number of carbonyl (C=O) groups excluding carboxylic acids is 2. The normalized spacial score (nSPS) is 10.7. The zero-order chi connectivity index (χ0) is 18.8. The van der Waals surface area contributed by atoms with E-state index in [9.17, 15) is 14.0 Å². The molecule has 0 spiro atoms. The number of aromatic nitrogens is 4. The summed E-state index contributed by atoms with van der Waals surface area (Å²) in [4.78, 5) is 32.3. The van der Waals surface area contributed by atoms with Gasteiger partial charge in [0.1, 0.15) is 5.82 Å². The zero-order valence-corrected chi connectivity index (χ0v) is 14.1. The van der Waals surface area contributed by atoms with Gasteiger partial charge in [-0.3, -0.25) is 20.4 Å². The van der Waals surface area contributed by atoms with E-state index in [-0.39, 0.29) is 17.9 Å². The van der Waals surface area contributed by atoms with Gasteiger partial charge in [-0.05, 0) is 26.0 Å². The topological polar surface area (TPSA) is 127 Å². The van der Waals surface area contributed by atoms with Crippen LogP contribution < -0.4 is 16.6 Å². The van der Waals surface area contributed by atoms with Crippen LogP contribution in [-0.4, -0.2) is 31.4 Å². The fourth-order valence-electron chi connectivity index (χ4n) is 2.52. The molecule has 0 aliphatic carbocycles. The first-order valence-electron chi connectivity index (χ1n) is 7.69. The number of nitrogen functional groups attached to an aromatic ring is 1. The molecule has 0 atom stereocenters. The summed E-state index contributed by atoms with van der Waals surface area (Å²) in [5.41, 5.74) is 11.7. The predicted molar refractivity (Wildman–Crippen MR) is 90.4 cm³/mol. The predicted octanol–water partition coefficient (Wildman–Crippen LogP) is 0.466. The average Bonchev–Trinajstić information content (AvgIpc) is 2.97. The van der Waals surface area contributed by atoms with E-state index in [1.54, 1.807) is 13.8 Å². The molecule has 0 fully saturated rings. The minimum Gasteiger partial charge on any atom is -0.366 e. The van der Waals surface area contributed by atoms with Gasteiger partial charge in [-0.15, -0.1) is 5.10 Å². The van der Waals surface area contributed by atoms with E-state index in [4.69, 9.17) is 5.73 Å². The average molecular weight is 357 g/mol. The maximum Gasteiger partial charge on any atom is 0.272 e. The van der Waals surface area contributed by atoms with Crippen LogP contribution in [0.3, 0.4) is 0 Å². The highest BCUT2D eigenvalue weighted by Gasteiger charge is 2.16. The number of aryl methyl sites for hydroxylation is 2. The van der Waals surface area contributed by atoms with Crippen molar-refractivity contribution in [1.82, 2.24) is 30.4 Å². The SMILES string of the molecule is Cc1nc2nc(N)nn2c(C)c1CC(=O)NNC(=O)c1ccccc1F. The Bertz CT molecular complexity index is 1020. The van der Waals surface area contributed by atoms with Gasteiger partial charge in [-0.2, -0.15) is 9.50 Å². The monoisotopic (exact) mass is 357 g/mol. The fraction of sp³-hybridized carbons (Fsp3) is 0.188. The Labute approximate surface area is 147 Å². The van der Waals surface area contributed by atoms with E-state index < -0.39 is 17.6 Å². The molecule has 0 radical (unpaired) electrons. The summed E-state index contributed by atoms with van der Waals surface area (Å²) in [6.45, 7) is 3.49. The second-order valence-corrected chi connectivity index (χ2v) is 5.60. The maximum atomic E-state index is 13.6. The van der Waals surface area contributed by atoms with Crippen molar-refractivity contribution < 1.29 is 14.0 Å². The number of hydrogen-bond donors (Lipinski definition) is 3. The lowest BCUT2D eigenvalue weighted by atomic mass is 10.1. The molecule has 0 saturated heterocycles. The number of fused-ring (bicyclic) bond motifs is 1. The van der Waals surface area contributed by atoms with Gasteiger partial charge in [-0.25, -0.2) is 9.37 Å². The van der Waals surface area contributed by atoms with Gasteiger partial charge < -0.3 is 5.73 Å². The molecule has 10 heteroatoms. The summed E-state index contributed by atoms with van der Waals surface area (Å²) in [5, 5.41) is 4.02. The lowest BCUT2D eigenvalue weighted by Gasteiger charge is -2.11. The summed E-state index contributed by atoms with van der Waals surface area (Å²) in [6.07, 6.45) is -0.0576. The molecule has 0 unspecified atom stereocenters. The van der Waals surface area contributed by atoms with Crippen LogP contribution >= 0.6 is 0 Å². The van der Waals surface area contributed by atoms with Crippen molar-refractivity contribution in [3.63, 3.8) is 0 Å². The summed E-state index contributed by atoms with van der Waals surface area (Å²) in [7, 11) is 0. The van der Waals surface area contributed by atoms with E-state index in [2.05, 4.69) is 25.9 Å². The lowest BCUT2D eigenvalue weighted by molar-refractivity contribution is -0.121. The van der Waals surface area contributed by atoms with Crippen LogP contribution in [-0.2, 0) is 11.2 Å². The Hall–Kier alpha value is -3.56. The van der Waals surface area contributed by atoms with Crippen molar-refractivity contribution in [2.45, 2.75) is 20.3 Å². The molecule has 4 N–H and O–H groups in total. The molecule has 1 aromatic carbocycles. The molecular formula is C16H16FN7O2. The standard InChI is InChI=1S/C16H16FN7O2/c1-8-11(9(2)24-16(19-8)20-15(18)23-24)7-13(25)21-22-14(26)10-5-3-4-6-12(10)17/h3-6H,7H2,1-2H3,(H2,18,23)(H,21,25)(H,22,26). The van der Waals surface area contributed by atoms with Crippen LogP contribution in [0, 0.1) is 19.7 Å². The van der Waals surface area contributed by atoms with E-state index >= 15 is 0 Å². The number of nitrogens with one attached hydrogen (secondary N) is 2. The number of amides is 2. The quantitative estimate of drug-likeness (QED) is 0.585. The van der Waals surface area contributed by atoms with Crippen LogP contribution in [0.4, 0.5) is 10.3 Å². The first kappa shape index (κ1) is 17.3. The molecule has 2 heterocycles. The highest BCUT2D eigenvalue weighted by molar-refractivity contribution is 5.95. The Morgan fingerprint density at radius 1 is 1.19 bits per heavy atom. The van der Waals surface area contributed by atoms with Crippen molar-refractivity contribution in [2.75, 3.05) is 5.73 Å². The number of nitrogens with two attached hydrogens (primary N) is 1. The third-order valence-electron chi connectivity index (χ3n) is 3.84. The Morgan fingerprint density at radius 3 is 2.65 bits per heavy atom. The minimum absolute atomic E-state index is 0.0576. The van der Waals surface area contributed by atoms with E-state index in [0.29, 0.717) is 22.7 Å². The lowest BCUT2D eigenvalue weighted by Crippen LogP contribution is -2.42. The Balaban J connectivity index is 1.71. The number of rotatable bonds is 3. The van der Waals surface area contributed by atoms with E-state index in [1.807, 2.05) is 0 Å². The van der Waals surface area contributed by atoms with Crippen molar-refractivity contribution >= 4 is 23.5 Å². The van der Waals surface area contributed by atoms with Crippen molar-refractivity contribution in [2.24, 2.45) is 0 Å². The molecule has 2 aromatic heterocycles. The fourth-order valence-corrected chi connectivity index (χ4v) is 2.52. The molecule has 0 aliphatic heterocycles. The van der Waals surface area contributed by atoms with Crippen LogP contribution in [0.2, 0.25) is 0 Å². The number of hydrogen-bond acceptors (Lipinski definition) is 6. The van der Waals surface area contributed by atoms with Crippen molar-refractivity contribution in [1.29, 1.82) is 0 Å². The highest BCUT2D eigenvalue weighted by atomic mass is 19.1. The molecular weight excluding hydrogens is 341 g/mol. The molecule has 134 valence electrons. The third kappa shape index (κ3) is 3.29. The van der Waals surface area contributed by atoms with Crippen LogP contribution in [0.15, 0.2) is 24.3 Å². The first-order valence-corrected chi connectivity index (χ1v) is 7.69. The summed E-state index contributed by atoms with van der Waals surface area (Å²) >= 11 is 0. The number of hydrazine groups is 1.